The molecule has 122 valence electrons. The number of ether oxygens (including phenoxy) is 1. The van der Waals surface area contributed by atoms with Gasteiger partial charge >= 0.3 is 0 Å². The molecule has 10 nitrogen and oxygen atoms in total. The lowest BCUT2D eigenvalue weighted by molar-refractivity contribution is -0.765. The minimum Gasteiger partial charge on any atom is -0.756 e. The SMILES string of the molecule is NC(=O)c1ccc[n+]([13C@@H]2O[13C@H]([13CH2]OP(=O)([O-])O)[13C@@H](O)[13CH]2O)c1. The first-order valence-electron chi connectivity index (χ1n) is 6.19. The summed E-state index contributed by atoms with van der Waals surface area (Å²) in [6, 6.07) is 2.95. The topological polar surface area (TPSA) is 166 Å². The van der Waals surface area contributed by atoms with Crippen molar-refractivity contribution < 1.29 is 43.2 Å². The van der Waals surface area contributed by atoms with Crippen LogP contribution < -0.4 is 15.2 Å². The van der Waals surface area contributed by atoms with Crippen LogP contribution in [0.25, 0.3) is 0 Å². The molecule has 2 heterocycles. The Hall–Kier alpha value is -1.39. The summed E-state index contributed by atoms with van der Waals surface area (Å²) < 4.78 is 21.3. The van der Waals surface area contributed by atoms with Gasteiger partial charge in [-0.2, -0.15) is 4.57 Å². The van der Waals surface area contributed by atoms with Crippen LogP contribution in [0.4, 0.5) is 0 Å². The van der Waals surface area contributed by atoms with Gasteiger partial charge < -0.3 is 35.0 Å². The molecule has 1 saturated heterocycles. The van der Waals surface area contributed by atoms with E-state index in [2.05, 4.69) is 4.52 Å². The lowest BCUT2D eigenvalue weighted by atomic mass is 10.3. The number of pyridine rings is 1. The Bertz CT molecular complexity index is 606. The van der Waals surface area contributed by atoms with Gasteiger partial charge in [0, 0.05) is 6.07 Å². The van der Waals surface area contributed by atoms with Crippen LogP contribution in [0.5, 0.6) is 0 Å². The number of aliphatic hydroxyl groups excluding tert-OH is 2. The van der Waals surface area contributed by atoms with Gasteiger partial charge in [-0.15, -0.1) is 0 Å². The monoisotopic (exact) mass is 339 g/mol. The fourth-order valence-electron chi connectivity index (χ4n) is 2.08. The smallest absolute Gasteiger partial charge is 0.292 e. The largest absolute Gasteiger partial charge is 0.756 e. The zero-order chi connectivity index (χ0) is 16.5. The van der Waals surface area contributed by atoms with E-state index in [0.29, 0.717) is 0 Å². The van der Waals surface area contributed by atoms with Gasteiger partial charge in [0.2, 0.25) is 0 Å². The van der Waals surface area contributed by atoms with Crippen molar-refractivity contribution in [3.63, 3.8) is 0 Å². The fraction of sp³-hybridized carbons (Fsp3) is 0.455. The molecule has 0 radical (unpaired) electrons. The Labute approximate surface area is 124 Å². The van der Waals surface area contributed by atoms with Crippen molar-refractivity contribution in [3.05, 3.63) is 30.1 Å². The van der Waals surface area contributed by atoms with Gasteiger partial charge in [0.1, 0.15) is 17.8 Å². The van der Waals surface area contributed by atoms with Crippen LogP contribution in [-0.4, -0.2) is 45.9 Å². The molecular weight excluding hydrogens is 324 g/mol. The molecule has 1 aliphatic heterocycles. The molecule has 0 bridgehead atoms. The molecule has 1 amide bonds. The van der Waals surface area contributed by atoms with Crippen LogP contribution in [0.15, 0.2) is 24.5 Å². The molecule has 1 aromatic rings. The molecule has 5 atom stereocenters. The molecule has 0 aliphatic carbocycles. The summed E-state index contributed by atoms with van der Waals surface area (Å²) >= 11 is 0. The van der Waals surface area contributed by atoms with Gasteiger partial charge in [-0.25, -0.2) is 0 Å². The number of carbonyl (C=O) groups is 1. The van der Waals surface area contributed by atoms with Crippen molar-refractivity contribution in [2.24, 2.45) is 5.73 Å². The number of hydrogen-bond acceptors (Lipinski definition) is 7. The molecule has 11 heteroatoms. The molecule has 1 fully saturated rings. The number of phosphoric ester groups is 1. The number of primary amides is 1. The van der Waals surface area contributed by atoms with E-state index in [-0.39, 0.29) is 5.56 Å². The first-order chi connectivity index (χ1) is 10.2. The summed E-state index contributed by atoms with van der Waals surface area (Å²) in [5.41, 5.74) is 5.31. The molecule has 2 unspecified atom stereocenters. The zero-order valence-electron chi connectivity index (χ0n) is 11.2. The predicted octanol–water partition coefficient (Wildman–Crippen LogP) is -2.83. The highest BCUT2D eigenvalue weighted by Crippen LogP contribution is 2.33. The minimum absolute atomic E-state index is 0.159. The van der Waals surface area contributed by atoms with E-state index in [1.807, 2.05) is 0 Å². The Kier molecular flexibility index (Phi) is 4.93. The van der Waals surface area contributed by atoms with Crippen LogP contribution in [-0.2, 0) is 13.8 Å². The Morgan fingerprint density at radius 3 is 2.77 bits per heavy atom. The Balaban J connectivity index is 2.14. The second-order valence-corrected chi connectivity index (χ2v) is 5.91. The molecule has 0 spiro atoms. The maximum Gasteiger partial charge on any atom is 0.292 e. The van der Waals surface area contributed by atoms with Crippen molar-refractivity contribution in [2.45, 2.75) is 24.5 Å². The second kappa shape index (κ2) is 6.39. The predicted molar refractivity (Wildman–Crippen MR) is 66.9 cm³/mol. The van der Waals surface area contributed by atoms with Gasteiger partial charge in [-0.3, -0.25) is 9.36 Å². The lowest BCUT2D eigenvalue weighted by Crippen LogP contribution is -2.46. The first kappa shape index (κ1) is 17.0. The van der Waals surface area contributed by atoms with E-state index in [1.54, 1.807) is 0 Å². The third-order valence-corrected chi connectivity index (χ3v) is 3.62. The van der Waals surface area contributed by atoms with E-state index >= 15 is 0 Å². The average molecular weight is 339 g/mol. The van der Waals surface area contributed by atoms with Crippen LogP contribution in [0.2, 0.25) is 0 Å². The number of nitrogens with zero attached hydrogens (tertiary/aromatic N) is 1. The molecule has 0 aromatic carbocycles. The molecule has 1 aromatic heterocycles. The molecule has 5 N–H and O–H groups in total. The number of phosphoric acid groups is 1. The standard InChI is InChI=1S/C11H15N2O8P/c12-10(16)6-2-1-3-13(4-6)11-9(15)8(14)7(21-11)5-20-22(17,18)19/h1-4,7-9,11,14-15H,5H2,(H3-,12,16,17,18,19)/t7-,8-,9?,11-/m1/s1/i5+1,7+1,8+1,9+1,11+1. The number of nitrogens with two attached hydrogens (primary N) is 1. The zero-order valence-corrected chi connectivity index (χ0v) is 12.1. The maximum absolute atomic E-state index is 11.1. The summed E-state index contributed by atoms with van der Waals surface area (Å²) in [6.45, 7) is -0.665. The lowest BCUT2D eigenvalue weighted by Gasteiger charge is -2.19. The summed E-state index contributed by atoms with van der Waals surface area (Å²) in [4.78, 5) is 30.2. The van der Waals surface area contributed by atoms with Crippen LogP contribution in [0.3, 0.4) is 0 Å². The summed E-state index contributed by atoms with van der Waals surface area (Å²) in [5, 5.41) is 19.8. The quantitative estimate of drug-likeness (QED) is 0.253. The molecular formula is C11H15N2O8P. The van der Waals surface area contributed by atoms with Crippen molar-refractivity contribution in [2.75, 3.05) is 6.61 Å². The van der Waals surface area contributed by atoms with Gasteiger partial charge in [-0.05, 0) is 6.07 Å². The number of aliphatic hydroxyl groups is 2. The number of carbonyl (C=O) groups excluding carboxylic acids is 1. The Morgan fingerprint density at radius 1 is 1.50 bits per heavy atom. The van der Waals surface area contributed by atoms with Gasteiger partial charge in [-0.1, -0.05) is 0 Å². The first-order valence-corrected chi connectivity index (χ1v) is 7.69. The van der Waals surface area contributed by atoms with Gasteiger partial charge in [0.05, 0.1) is 6.61 Å². The molecule has 22 heavy (non-hydrogen) atoms. The van der Waals surface area contributed by atoms with Gasteiger partial charge in [0.15, 0.2) is 18.5 Å². The fourth-order valence-corrected chi connectivity index (χ4v) is 2.41. The van der Waals surface area contributed by atoms with E-state index in [1.165, 1.54) is 29.1 Å². The van der Waals surface area contributed by atoms with Crippen molar-refractivity contribution in [3.8, 4) is 0 Å². The number of amides is 1. The molecule has 0 saturated carbocycles. The molecule has 1 aliphatic rings. The highest BCUT2D eigenvalue weighted by molar-refractivity contribution is 7.44. The third kappa shape index (κ3) is 3.87. The van der Waals surface area contributed by atoms with Crippen molar-refractivity contribution in [1.29, 1.82) is 0 Å². The minimum atomic E-state index is -4.97. The van der Waals surface area contributed by atoms with E-state index in [4.69, 9.17) is 15.4 Å². The highest BCUT2D eigenvalue weighted by Gasteiger charge is 2.48. The molecule has 2 rings (SSSR count). The average Bonchev–Trinajstić information content (AvgIpc) is 2.72. The third-order valence-electron chi connectivity index (χ3n) is 3.14. The van der Waals surface area contributed by atoms with Crippen molar-refractivity contribution >= 4 is 13.7 Å². The highest BCUT2D eigenvalue weighted by atomic mass is 31.2. The second-order valence-electron chi connectivity index (χ2n) is 4.71. The summed E-state index contributed by atoms with van der Waals surface area (Å²) in [6.07, 6.45) is -2.31. The van der Waals surface area contributed by atoms with Gasteiger partial charge in [0.25, 0.3) is 20.0 Å². The van der Waals surface area contributed by atoms with Crippen molar-refractivity contribution in [1.82, 2.24) is 0 Å². The van der Waals surface area contributed by atoms with E-state index in [0.717, 1.165) is 0 Å². The normalized spacial score (nSPS) is 30.9. The van der Waals surface area contributed by atoms with Crippen LogP contribution in [0.1, 0.15) is 16.6 Å². The Morgan fingerprint density at radius 2 is 2.18 bits per heavy atom. The van der Waals surface area contributed by atoms with Crippen LogP contribution >= 0.6 is 7.82 Å². The van der Waals surface area contributed by atoms with E-state index < -0.39 is 44.9 Å². The summed E-state index contributed by atoms with van der Waals surface area (Å²) in [7, 11) is -4.97. The maximum atomic E-state index is 11.1. The number of hydrogen-bond donors (Lipinski definition) is 4. The number of rotatable bonds is 5. The summed E-state index contributed by atoms with van der Waals surface area (Å²) in [5.74, 6) is -0.685. The van der Waals surface area contributed by atoms with E-state index in [9.17, 15) is 24.5 Å². The van der Waals surface area contributed by atoms with Crippen LogP contribution in [0, 0.1) is 0 Å². The number of aromatic nitrogens is 1.